The van der Waals surface area contributed by atoms with Gasteiger partial charge in [0.15, 0.2) is 0 Å². The van der Waals surface area contributed by atoms with Crippen LogP contribution in [0.3, 0.4) is 0 Å². The number of hydrogen-bond acceptors (Lipinski definition) is 3. The molecular weight excluding hydrogens is 259 g/mol. The fourth-order valence-corrected chi connectivity index (χ4v) is 0.983. The van der Waals surface area contributed by atoms with E-state index in [1.165, 1.54) is 6.07 Å². The normalized spacial score (nSPS) is 11.5. The lowest BCUT2D eigenvalue weighted by atomic mass is 10.1. The molecule has 0 spiro atoms. The topological polar surface area (TPSA) is 56.8 Å². The van der Waals surface area contributed by atoms with Gasteiger partial charge in [0.2, 0.25) is 0 Å². The lowest BCUT2D eigenvalue weighted by Crippen LogP contribution is -2.41. The number of alkyl halides is 5. The summed E-state index contributed by atoms with van der Waals surface area (Å²) in [6.07, 6.45) is -11.2. The Labute approximate surface area is 97.6 Å². The summed E-state index contributed by atoms with van der Waals surface area (Å²) in [6, 6.07) is 5.36. The van der Waals surface area contributed by atoms with E-state index in [2.05, 4.69) is 4.74 Å². The molecule has 1 aromatic rings. The minimum Gasteiger partial charge on any atom is -0.426 e. The summed E-state index contributed by atoms with van der Waals surface area (Å²) < 4.78 is 64.1. The van der Waals surface area contributed by atoms with Gasteiger partial charge in [-0.15, -0.1) is 0 Å². The Balaban J connectivity index is 3.09. The van der Waals surface area contributed by atoms with Crippen molar-refractivity contribution < 1.29 is 26.7 Å². The van der Waals surface area contributed by atoms with Crippen LogP contribution in [0.25, 0.3) is 0 Å². The lowest BCUT2D eigenvalue weighted by molar-refractivity contribution is -0.360. The van der Waals surface area contributed by atoms with Gasteiger partial charge in [0.25, 0.3) is 0 Å². The molecule has 0 radical (unpaired) electrons. The number of nitrogens with zero attached hydrogens (tertiary/aromatic N) is 2. The van der Waals surface area contributed by atoms with Gasteiger partial charge in [-0.05, 0) is 18.2 Å². The van der Waals surface area contributed by atoms with Gasteiger partial charge in [0, 0.05) is 0 Å². The number of hydrogen-bond donors (Lipinski definition) is 0. The highest BCUT2D eigenvalue weighted by atomic mass is 19.4. The first-order valence-electron chi connectivity index (χ1n) is 4.29. The van der Waals surface area contributed by atoms with Crippen LogP contribution in [-0.2, 0) is 0 Å². The zero-order valence-corrected chi connectivity index (χ0v) is 8.42. The Morgan fingerprint density at radius 2 is 1.50 bits per heavy atom. The smallest absolute Gasteiger partial charge is 0.426 e. The van der Waals surface area contributed by atoms with Crippen molar-refractivity contribution in [1.82, 2.24) is 0 Å². The van der Waals surface area contributed by atoms with Crippen molar-refractivity contribution in [2.24, 2.45) is 0 Å². The Bertz CT molecular complexity index is 539. The number of halogens is 5. The van der Waals surface area contributed by atoms with Gasteiger partial charge in [-0.2, -0.15) is 32.5 Å². The third-order valence-electron chi connectivity index (χ3n) is 1.81. The summed E-state index contributed by atoms with van der Waals surface area (Å²) in [5.41, 5.74) is -0.506. The van der Waals surface area contributed by atoms with Crippen molar-refractivity contribution in [1.29, 1.82) is 10.5 Å². The van der Waals surface area contributed by atoms with E-state index in [-0.39, 0.29) is 11.1 Å². The SMILES string of the molecule is N#Cc1ccc(OC(F)(F)C(F)(F)F)cc1C#N. The van der Waals surface area contributed by atoms with E-state index in [1.807, 2.05) is 0 Å². The summed E-state index contributed by atoms with van der Waals surface area (Å²) in [4.78, 5) is 0. The second-order valence-electron chi connectivity index (χ2n) is 3.05. The molecule has 0 saturated carbocycles. The summed E-state index contributed by atoms with van der Waals surface area (Å²) in [7, 11) is 0. The summed E-state index contributed by atoms with van der Waals surface area (Å²) in [5.74, 6) is -0.854. The summed E-state index contributed by atoms with van der Waals surface area (Å²) in [5, 5.41) is 17.1. The average Bonchev–Trinajstić information content (AvgIpc) is 2.26. The van der Waals surface area contributed by atoms with E-state index in [1.54, 1.807) is 6.07 Å². The van der Waals surface area contributed by atoms with Crippen molar-refractivity contribution in [2.75, 3.05) is 0 Å². The minimum absolute atomic E-state index is 0.153. The van der Waals surface area contributed by atoms with Crippen molar-refractivity contribution in [3.05, 3.63) is 29.3 Å². The predicted molar refractivity (Wildman–Crippen MR) is 47.5 cm³/mol. The maximum atomic E-state index is 12.5. The molecule has 0 aliphatic carbocycles. The number of rotatable bonds is 2. The molecule has 94 valence electrons. The van der Waals surface area contributed by atoms with Crippen LogP contribution in [0.1, 0.15) is 11.1 Å². The van der Waals surface area contributed by atoms with Crippen LogP contribution >= 0.6 is 0 Å². The van der Waals surface area contributed by atoms with Crippen LogP contribution in [0.2, 0.25) is 0 Å². The quantitative estimate of drug-likeness (QED) is 0.770. The zero-order valence-electron chi connectivity index (χ0n) is 8.42. The Morgan fingerprint density at radius 1 is 0.944 bits per heavy atom. The van der Waals surface area contributed by atoms with Crippen LogP contribution in [0.15, 0.2) is 18.2 Å². The Hall–Kier alpha value is -2.35. The molecule has 1 aromatic carbocycles. The van der Waals surface area contributed by atoms with Gasteiger partial charge in [0.05, 0.1) is 11.1 Å². The molecule has 0 amide bonds. The zero-order chi connectivity index (χ0) is 14.0. The molecule has 0 N–H and O–H groups in total. The molecular formula is C10H3F5N2O. The third-order valence-corrected chi connectivity index (χ3v) is 1.81. The molecule has 0 unspecified atom stereocenters. The third kappa shape index (κ3) is 2.66. The minimum atomic E-state index is -5.87. The van der Waals surface area contributed by atoms with E-state index in [4.69, 9.17) is 10.5 Å². The van der Waals surface area contributed by atoms with Gasteiger partial charge in [-0.1, -0.05) is 0 Å². The van der Waals surface area contributed by atoms with Crippen LogP contribution in [0.5, 0.6) is 5.75 Å². The second-order valence-corrected chi connectivity index (χ2v) is 3.05. The number of benzene rings is 1. The van der Waals surface area contributed by atoms with Crippen molar-refractivity contribution in [2.45, 2.75) is 12.3 Å². The summed E-state index contributed by atoms with van der Waals surface area (Å²) >= 11 is 0. The molecule has 0 saturated heterocycles. The van der Waals surface area contributed by atoms with Gasteiger partial charge in [-0.3, -0.25) is 0 Å². The van der Waals surface area contributed by atoms with Crippen LogP contribution < -0.4 is 4.74 Å². The number of nitriles is 2. The molecule has 0 heterocycles. The molecule has 1 rings (SSSR count). The first-order chi connectivity index (χ1) is 8.21. The van der Waals surface area contributed by atoms with E-state index in [0.29, 0.717) is 6.07 Å². The number of ether oxygens (including phenoxy) is 1. The van der Waals surface area contributed by atoms with Gasteiger partial charge >= 0.3 is 12.3 Å². The molecule has 0 aliphatic rings. The van der Waals surface area contributed by atoms with E-state index in [0.717, 1.165) is 12.1 Å². The van der Waals surface area contributed by atoms with E-state index >= 15 is 0 Å². The summed E-state index contributed by atoms with van der Waals surface area (Å²) in [6.45, 7) is 0. The highest BCUT2D eigenvalue weighted by molar-refractivity contribution is 5.49. The highest BCUT2D eigenvalue weighted by Crippen LogP contribution is 2.37. The van der Waals surface area contributed by atoms with Crippen LogP contribution in [0, 0.1) is 22.7 Å². The Kier molecular flexibility index (Phi) is 3.42. The highest BCUT2D eigenvalue weighted by Gasteiger charge is 2.61. The Morgan fingerprint density at radius 3 is 1.94 bits per heavy atom. The van der Waals surface area contributed by atoms with Crippen LogP contribution in [0.4, 0.5) is 22.0 Å². The molecule has 0 fully saturated rings. The molecule has 0 aliphatic heterocycles. The monoisotopic (exact) mass is 262 g/mol. The van der Waals surface area contributed by atoms with E-state index in [9.17, 15) is 22.0 Å². The molecule has 8 heteroatoms. The standard InChI is InChI=1S/C10H3F5N2O/c11-9(12,13)10(14,15)18-8-2-1-6(4-16)7(3-8)5-17/h1-3H. The maximum absolute atomic E-state index is 12.5. The van der Waals surface area contributed by atoms with Gasteiger partial charge in [-0.25, -0.2) is 0 Å². The fourth-order valence-electron chi connectivity index (χ4n) is 0.983. The maximum Gasteiger partial charge on any atom is 0.499 e. The van der Waals surface area contributed by atoms with Gasteiger partial charge in [0.1, 0.15) is 17.9 Å². The van der Waals surface area contributed by atoms with Gasteiger partial charge < -0.3 is 4.74 Å². The molecule has 18 heavy (non-hydrogen) atoms. The van der Waals surface area contributed by atoms with E-state index < -0.39 is 18.0 Å². The first-order valence-corrected chi connectivity index (χ1v) is 4.29. The molecule has 0 bridgehead atoms. The van der Waals surface area contributed by atoms with Crippen molar-refractivity contribution in [3.8, 4) is 17.9 Å². The first kappa shape index (κ1) is 13.7. The van der Waals surface area contributed by atoms with Crippen molar-refractivity contribution in [3.63, 3.8) is 0 Å². The second kappa shape index (κ2) is 4.49. The molecule has 0 aromatic heterocycles. The molecule has 0 atom stereocenters. The largest absolute Gasteiger partial charge is 0.499 e. The fraction of sp³-hybridized carbons (Fsp3) is 0.200. The van der Waals surface area contributed by atoms with Crippen LogP contribution in [-0.4, -0.2) is 12.3 Å². The van der Waals surface area contributed by atoms with Crippen molar-refractivity contribution >= 4 is 0 Å². The lowest BCUT2D eigenvalue weighted by Gasteiger charge is -2.20. The molecule has 3 nitrogen and oxygen atoms in total. The average molecular weight is 262 g/mol. The predicted octanol–water partition coefficient (Wildman–Crippen LogP) is 2.96.